The zero-order chi connectivity index (χ0) is 24.0. The summed E-state index contributed by atoms with van der Waals surface area (Å²) in [5, 5.41) is 20.4. The van der Waals surface area contributed by atoms with Gasteiger partial charge in [-0.25, -0.2) is 4.68 Å². The van der Waals surface area contributed by atoms with Crippen LogP contribution in [0.5, 0.6) is 5.88 Å². The molecule has 3 saturated carbocycles. The molecular weight excluding hydrogens is 420 g/mol. The molecule has 3 aliphatic carbocycles. The molecule has 184 valence electrons. The van der Waals surface area contributed by atoms with Gasteiger partial charge in [0.15, 0.2) is 0 Å². The van der Waals surface area contributed by atoms with Crippen LogP contribution in [0.1, 0.15) is 77.1 Å². The lowest BCUT2D eigenvalue weighted by molar-refractivity contribution is -0.120. The second kappa shape index (κ2) is 8.93. The van der Waals surface area contributed by atoms with Crippen LogP contribution < -0.4 is 15.4 Å². The number of nitrogens with one attached hydrogen (secondary N) is 2. The third kappa shape index (κ3) is 4.91. The second-order valence-corrected chi connectivity index (χ2v) is 11.7. The van der Waals surface area contributed by atoms with Crippen molar-refractivity contribution in [2.75, 3.05) is 13.2 Å². The molecule has 4 rings (SSSR count). The van der Waals surface area contributed by atoms with Crippen molar-refractivity contribution in [2.24, 2.45) is 29.1 Å². The van der Waals surface area contributed by atoms with Gasteiger partial charge < -0.3 is 20.5 Å². The maximum absolute atomic E-state index is 13.3. The van der Waals surface area contributed by atoms with Crippen LogP contribution in [0.3, 0.4) is 0 Å². The minimum absolute atomic E-state index is 0.0699. The van der Waals surface area contributed by atoms with E-state index in [0.717, 1.165) is 19.3 Å². The number of carbonyl (C=O) groups is 2. The number of aromatic nitrogens is 2. The molecule has 5 atom stereocenters. The molecule has 2 amide bonds. The molecule has 0 aliphatic heterocycles. The van der Waals surface area contributed by atoms with E-state index in [4.69, 9.17) is 4.74 Å². The van der Waals surface area contributed by atoms with E-state index in [-0.39, 0.29) is 35.4 Å². The molecule has 2 bridgehead atoms. The van der Waals surface area contributed by atoms with E-state index >= 15 is 0 Å². The molecule has 3 N–H and O–H groups in total. The van der Waals surface area contributed by atoms with Gasteiger partial charge in [0.25, 0.3) is 5.91 Å². The van der Waals surface area contributed by atoms with Crippen molar-refractivity contribution in [1.82, 2.24) is 20.4 Å². The van der Waals surface area contributed by atoms with Crippen molar-refractivity contribution in [3.63, 3.8) is 0 Å². The number of aliphatic hydroxyl groups excluding tert-OH is 1. The Hall–Kier alpha value is -2.09. The Bertz CT molecular complexity index is 895. The zero-order valence-electron chi connectivity index (χ0n) is 20.7. The largest absolute Gasteiger partial charge is 0.477 e. The van der Waals surface area contributed by atoms with E-state index < -0.39 is 0 Å². The predicted molar refractivity (Wildman–Crippen MR) is 125 cm³/mol. The molecule has 8 nitrogen and oxygen atoms in total. The van der Waals surface area contributed by atoms with Gasteiger partial charge in [-0.3, -0.25) is 9.59 Å². The van der Waals surface area contributed by atoms with Crippen LogP contribution in [0.15, 0.2) is 6.20 Å². The third-order valence-corrected chi connectivity index (χ3v) is 7.84. The summed E-state index contributed by atoms with van der Waals surface area (Å²) >= 11 is 0. The van der Waals surface area contributed by atoms with E-state index in [9.17, 15) is 14.7 Å². The number of hydrogen-bond donors (Lipinski definition) is 3. The first-order valence-electron chi connectivity index (χ1n) is 12.4. The van der Waals surface area contributed by atoms with Gasteiger partial charge in [-0.05, 0) is 75.0 Å². The van der Waals surface area contributed by atoms with Crippen molar-refractivity contribution in [1.29, 1.82) is 0 Å². The quantitative estimate of drug-likeness (QED) is 0.498. The molecule has 33 heavy (non-hydrogen) atoms. The van der Waals surface area contributed by atoms with E-state index in [1.165, 1.54) is 13.3 Å². The maximum Gasteiger partial charge on any atom is 0.258 e. The number of carbonyl (C=O) groups excluding carboxylic acids is 2. The van der Waals surface area contributed by atoms with Gasteiger partial charge >= 0.3 is 0 Å². The van der Waals surface area contributed by atoms with Gasteiger partial charge in [-0.2, -0.15) is 5.10 Å². The first-order valence-corrected chi connectivity index (χ1v) is 12.4. The Balaban J connectivity index is 1.45. The van der Waals surface area contributed by atoms with Gasteiger partial charge in [-0.1, -0.05) is 13.8 Å². The molecule has 8 heteroatoms. The van der Waals surface area contributed by atoms with Crippen LogP contribution in [0.25, 0.3) is 0 Å². The van der Waals surface area contributed by atoms with Gasteiger partial charge in [0.2, 0.25) is 11.8 Å². The number of hydrogen-bond acceptors (Lipinski definition) is 5. The molecular formula is C25H40N4O4. The molecule has 1 heterocycles. The second-order valence-electron chi connectivity index (χ2n) is 11.7. The molecule has 3 unspecified atom stereocenters. The topological polar surface area (TPSA) is 105 Å². The summed E-state index contributed by atoms with van der Waals surface area (Å²) in [5.74, 6) is 2.23. The van der Waals surface area contributed by atoms with Crippen molar-refractivity contribution in [3.05, 3.63) is 11.8 Å². The van der Waals surface area contributed by atoms with Crippen LogP contribution in [0.4, 0.5) is 0 Å². The standard InChI is InChI=1S/C25H40N4O4/c1-15(2)14-33-23-19(12-26-29(23)7-6-24(4,5)28-16(3)31)22(32)27-21-20-9-17-8-18(13-30)11-25(20,21)10-17/h12,15,17-18,20-21,30H,6-11,13-14H2,1-5H3,(H,27,32)(H,28,31)/t17?,18-,20?,21-,25?/m1/s1. The van der Waals surface area contributed by atoms with Gasteiger partial charge in [-0.15, -0.1) is 0 Å². The Morgan fingerprint density at radius 1 is 1.33 bits per heavy atom. The molecule has 1 aromatic rings. The fraction of sp³-hybridized carbons (Fsp3) is 0.800. The Morgan fingerprint density at radius 3 is 2.76 bits per heavy atom. The molecule has 0 saturated heterocycles. The zero-order valence-corrected chi connectivity index (χ0v) is 20.7. The summed E-state index contributed by atoms with van der Waals surface area (Å²) < 4.78 is 7.81. The lowest BCUT2D eigenvalue weighted by Crippen LogP contribution is -2.43. The first kappa shape index (κ1) is 24.0. The summed E-state index contributed by atoms with van der Waals surface area (Å²) in [5.41, 5.74) is 0.268. The smallest absolute Gasteiger partial charge is 0.258 e. The highest BCUT2D eigenvalue weighted by Crippen LogP contribution is 2.71. The predicted octanol–water partition coefficient (Wildman–Crippen LogP) is 2.75. The van der Waals surface area contributed by atoms with Gasteiger partial charge in [0, 0.05) is 31.7 Å². The average molecular weight is 461 g/mol. The lowest BCUT2D eigenvalue weighted by atomic mass is 9.76. The fourth-order valence-electron chi connectivity index (χ4n) is 6.45. The third-order valence-electron chi connectivity index (χ3n) is 7.84. The molecule has 1 spiro atoms. The summed E-state index contributed by atoms with van der Waals surface area (Å²) in [7, 11) is 0. The Kier molecular flexibility index (Phi) is 6.51. The van der Waals surface area contributed by atoms with E-state index in [1.54, 1.807) is 10.9 Å². The van der Waals surface area contributed by atoms with Crippen LogP contribution in [0.2, 0.25) is 0 Å². The van der Waals surface area contributed by atoms with Crippen molar-refractivity contribution in [3.8, 4) is 5.88 Å². The molecule has 1 aromatic heterocycles. The molecule has 0 radical (unpaired) electrons. The van der Waals surface area contributed by atoms with Crippen molar-refractivity contribution >= 4 is 11.8 Å². The van der Waals surface area contributed by atoms with Crippen molar-refractivity contribution in [2.45, 2.75) is 84.8 Å². The normalized spacial score (nSPS) is 30.2. The van der Waals surface area contributed by atoms with Crippen LogP contribution >= 0.6 is 0 Å². The number of nitrogens with zero attached hydrogens (tertiary/aromatic N) is 2. The van der Waals surface area contributed by atoms with Gasteiger partial charge in [0.1, 0.15) is 5.56 Å². The maximum atomic E-state index is 13.3. The Morgan fingerprint density at radius 2 is 2.09 bits per heavy atom. The summed E-state index contributed by atoms with van der Waals surface area (Å²) in [6.07, 6.45) is 6.74. The summed E-state index contributed by atoms with van der Waals surface area (Å²) in [6.45, 7) is 10.9. The van der Waals surface area contributed by atoms with E-state index in [0.29, 0.717) is 54.7 Å². The van der Waals surface area contributed by atoms with Crippen molar-refractivity contribution < 1.29 is 19.4 Å². The molecule has 0 aromatic carbocycles. The average Bonchev–Trinajstić information content (AvgIpc) is 3.04. The van der Waals surface area contributed by atoms with Crippen LogP contribution in [-0.4, -0.2) is 51.5 Å². The SMILES string of the molecule is CC(=O)NC(C)(C)CCn1ncc(C(=O)N[C@@H]2C3CC4C[C@@H](CO)CC32C4)c1OCC(C)C. The first-order chi connectivity index (χ1) is 15.5. The highest BCUT2D eigenvalue weighted by atomic mass is 16.5. The molecule has 3 fully saturated rings. The van der Waals surface area contributed by atoms with E-state index in [1.807, 2.05) is 13.8 Å². The van der Waals surface area contributed by atoms with Crippen LogP contribution in [0, 0.1) is 29.1 Å². The number of fused-ring (bicyclic) bond motifs is 1. The number of amides is 2. The molecule has 3 aliphatic rings. The number of ether oxygens (including phenoxy) is 1. The monoisotopic (exact) mass is 460 g/mol. The van der Waals surface area contributed by atoms with Gasteiger partial charge in [0.05, 0.1) is 12.8 Å². The highest BCUT2D eigenvalue weighted by molar-refractivity contribution is 5.96. The minimum Gasteiger partial charge on any atom is -0.477 e. The summed E-state index contributed by atoms with van der Waals surface area (Å²) in [4.78, 5) is 24.8. The summed E-state index contributed by atoms with van der Waals surface area (Å²) in [6, 6.07) is 0.190. The number of rotatable bonds is 10. The van der Waals surface area contributed by atoms with E-state index in [2.05, 4.69) is 29.6 Å². The minimum atomic E-state index is -0.388. The van der Waals surface area contributed by atoms with Crippen LogP contribution in [-0.2, 0) is 11.3 Å². The number of aryl methyl sites for hydroxylation is 1. The Labute approximate surface area is 196 Å². The number of aliphatic hydroxyl groups is 1. The highest BCUT2D eigenvalue weighted by Gasteiger charge is 2.71. The fourth-order valence-corrected chi connectivity index (χ4v) is 6.45. The lowest BCUT2D eigenvalue weighted by Gasteiger charge is -2.31.